The minimum atomic E-state index is -1.09. The van der Waals surface area contributed by atoms with Gasteiger partial charge >= 0.3 is 5.97 Å². The zero-order chi connectivity index (χ0) is 17.0. The average Bonchev–Trinajstić information content (AvgIpc) is 2.96. The number of benzene rings is 1. The van der Waals surface area contributed by atoms with Gasteiger partial charge in [0.05, 0.1) is 0 Å². The molecule has 6 nitrogen and oxygen atoms in total. The van der Waals surface area contributed by atoms with E-state index in [4.69, 9.17) is 5.11 Å². The van der Waals surface area contributed by atoms with Gasteiger partial charge < -0.3 is 15.7 Å². The number of carboxylic acids is 1. The number of carbonyl (C=O) groups is 3. The molecule has 1 aromatic rings. The monoisotopic (exact) mass is 318 g/mol. The van der Waals surface area contributed by atoms with E-state index in [2.05, 4.69) is 10.6 Å². The Morgan fingerprint density at radius 2 is 1.70 bits per heavy atom. The van der Waals surface area contributed by atoms with Crippen LogP contribution in [0.1, 0.15) is 49.9 Å². The van der Waals surface area contributed by atoms with E-state index >= 15 is 0 Å². The van der Waals surface area contributed by atoms with E-state index in [1.165, 1.54) is 6.92 Å². The summed E-state index contributed by atoms with van der Waals surface area (Å²) in [6, 6.07) is 5.48. The number of carbonyl (C=O) groups excluding carboxylic acids is 2. The maximum absolute atomic E-state index is 12.3. The summed E-state index contributed by atoms with van der Waals surface area (Å²) in [6.07, 6.45) is 3.94. The molecule has 2 amide bonds. The normalized spacial score (nSPS) is 17.3. The molecule has 1 unspecified atom stereocenters. The van der Waals surface area contributed by atoms with Crippen LogP contribution in [0.2, 0.25) is 0 Å². The van der Waals surface area contributed by atoms with Gasteiger partial charge in [0.25, 0.3) is 5.91 Å². The van der Waals surface area contributed by atoms with E-state index in [1.807, 2.05) is 6.92 Å². The predicted molar refractivity (Wildman–Crippen MR) is 86.2 cm³/mol. The second-order valence-corrected chi connectivity index (χ2v) is 6.33. The van der Waals surface area contributed by atoms with Crippen LogP contribution in [0.3, 0.4) is 0 Å². The number of aliphatic carboxylic acids is 1. The minimum Gasteiger partial charge on any atom is -0.480 e. The van der Waals surface area contributed by atoms with E-state index in [9.17, 15) is 14.4 Å². The van der Waals surface area contributed by atoms with E-state index in [1.54, 1.807) is 24.3 Å². The van der Waals surface area contributed by atoms with Gasteiger partial charge in [-0.15, -0.1) is 0 Å². The van der Waals surface area contributed by atoms with Crippen molar-refractivity contribution in [1.82, 2.24) is 5.32 Å². The fraction of sp³-hybridized carbons (Fsp3) is 0.471. The summed E-state index contributed by atoms with van der Waals surface area (Å²) in [7, 11) is 0. The van der Waals surface area contributed by atoms with E-state index < -0.39 is 17.9 Å². The number of rotatable bonds is 5. The largest absolute Gasteiger partial charge is 0.480 e. The van der Waals surface area contributed by atoms with E-state index in [-0.39, 0.29) is 11.3 Å². The third-order valence-electron chi connectivity index (χ3n) is 4.38. The molecule has 0 saturated heterocycles. The van der Waals surface area contributed by atoms with Crippen molar-refractivity contribution in [2.45, 2.75) is 45.6 Å². The van der Waals surface area contributed by atoms with Gasteiger partial charge in [-0.1, -0.05) is 19.8 Å². The summed E-state index contributed by atoms with van der Waals surface area (Å²) in [5.41, 5.74) is 0.668. The zero-order valence-electron chi connectivity index (χ0n) is 13.4. The Kier molecular flexibility index (Phi) is 5.03. The number of hydrogen-bond donors (Lipinski definition) is 3. The summed E-state index contributed by atoms with van der Waals surface area (Å²) in [4.78, 5) is 34.9. The number of hydrogen-bond acceptors (Lipinski definition) is 3. The first kappa shape index (κ1) is 17.0. The van der Waals surface area contributed by atoms with E-state index in [0.717, 1.165) is 25.7 Å². The number of amides is 2. The van der Waals surface area contributed by atoms with Crippen LogP contribution in [0, 0.1) is 5.41 Å². The molecule has 0 aliphatic heterocycles. The summed E-state index contributed by atoms with van der Waals surface area (Å²) < 4.78 is 0. The average molecular weight is 318 g/mol. The lowest BCUT2D eigenvalue weighted by Gasteiger charge is -2.22. The number of carboxylic acid groups (broad SMARTS) is 1. The summed E-state index contributed by atoms with van der Waals surface area (Å²) in [5, 5.41) is 14.1. The van der Waals surface area contributed by atoms with Crippen LogP contribution in [-0.2, 0) is 9.59 Å². The van der Waals surface area contributed by atoms with Crippen LogP contribution in [0.4, 0.5) is 5.69 Å². The molecule has 0 aromatic heterocycles. The SMILES string of the molecule is CC(NC(=O)c1ccc(NC(=O)C2(C)CCCC2)cc1)C(=O)O. The van der Waals surface area contributed by atoms with Gasteiger partial charge in [-0.05, 0) is 44.0 Å². The van der Waals surface area contributed by atoms with Gasteiger partial charge in [-0.25, -0.2) is 0 Å². The molecular formula is C17H22N2O4. The third-order valence-corrected chi connectivity index (χ3v) is 4.38. The highest BCUT2D eigenvalue weighted by molar-refractivity contribution is 5.98. The summed E-state index contributed by atoms with van der Waals surface area (Å²) in [6.45, 7) is 3.38. The lowest BCUT2D eigenvalue weighted by atomic mass is 9.88. The Morgan fingerprint density at radius 3 is 2.22 bits per heavy atom. The second kappa shape index (κ2) is 6.81. The Balaban J connectivity index is 1.98. The van der Waals surface area contributed by atoms with Gasteiger partial charge in [-0.2, -0.15) is 0 Å². The van der Waals surface area contributed by atoms with Crippen molar-refractivity contribution in [3.8, 4) is 0 Å². The Bertz CT molecular complexity index is 604. The molecule has 124 valence electrons. The molecule has 2 rings (SSSR count). The molecule has 1 fully saturated rings. The van der Waals surface area contributed by atoms with Gasteiger partial charge in [0, 0.05) is 16.7 Å². The second-order valence-electron chi connectivity index (χ2n) is 6.33. The Labute approximate surface area is 135 Å². The molecule has 1 atom stereocenters. The summed E-state index contributed by atoms with van der Waals surface area (Å²) >= 11 is 0. The Morgan fingerprint density at radius 1 is 1.13 bits per heavy atom. The quantitative estimate of drug-likeness (QED) is 0.777. The highest BCUT2D eigenvalue weighted by Gasteiger charge is 2.36. The van der Waals surface area contributed by atoms with Gasteiger partial charge in [-0.3, -0.25) is 14.4 Å². The molecule has 6 heteroatoms. The van der Waals surface area contributed by atoms with Crippen LogP contribution >= 0.6 is 0 Å². The number of anilines is 1. The topological polar surface area (TPSA) is 95.5 Å². The molecule has 1 aliphatic carbocycles. The maximum Gasteiger partial charge on any atom is 0.325 e. The lowest BCUT2D eigenvalue weighted by molar-refractivity contribution is -0.138. The molecule has 1 saturated carbocycles. The molecule has 23 heavy (non-hydrogen) atoms. The highest BCUT2D eigenvalue weighted by Crippen LogP contribution is 2.38. The smallest absolute Gasteiger partial charge is 0.325 e. The molecule has 0 spiro atoms. The van der Waals surface area contributed by atoms with Crippen LogP contribution in [0.5, 0.6) is 0 Å². The molecule has 1 aromatic carbocycles. The molecular weight excluding hydrogens is 296 g/mol. The standard InChI is InChI=1S/C17H22N2O4/c1-11(15(21)22)18-14(20)12-5-7-13(8-6-12)19-16(23)17(2)9-3-4-10-17/h5-8,11H,3-4,9-10H2,1-2H3,(H,18,20)(H,19,23)(H,21,22). The minimum absolute atomic E-state index is 0.00620. The molecule has 0 heterocycles. The highest BCUT2D eigenvalue weighted by atomic mass is 16.4. The fourth-order valence-electron chi connectivity index (χ4n) is 2.71. The van der Waals surface area contributed by atoms with Crippen LogP contribution in [-0.4, -0.2) is 28.9 Å². The van der Waals surface area contributed by atoms with Crippen molar-refractivity contribution in [3.05, 3.63) is 29.8 Å². The van der Waals surface area contributed by atoms with Gasteiger partial charge in [0.15, 0.2) is 0 Å². The molecule has 1 aliphatic rings. The van der Waals surface area contributed by atoms with Gasteiger partial charge in [0.1, 0.15) is 6.04 Å². The third kappa shape index (κ3) is 4.09. The Hall–Kier alpha value is -2.37. The van der Waals surface area contributed by atoms with Crippen molar-refractivity contribution in [1.29, 1.82) is 0 Å². The first-order chi connectivity index (χ1) is 10.8. The van der Waals surface area contributed by atoms with Crippen molar-refractivity contribution >= 4 is 23.5 Å². The van der Waals surface area contributed by atoms with Crippen LogP contribution < -0.4 is 10.6 Å². The lowest BCUT2D eigenvalue weighted by Crippen LogP contribution is -2.38. The van der Waals surface area contributed by atoms with Crippen molar-refractivity contribution in [2.75, 3.05) is 5.32 Å². The predicted octanol–water partition coefficient (Wildman–Crippen LogP) is 2.41. The van der Waals surface area contributed by atoms with Gasteiger partial charge in [0.2, 0.25) is 5.91 Å². The van der Waals surface area contributed by atoms with Crippen molar-refractivity contribution in [3.63, 3.8) is 0 Å². The van der Waals surface area contributed by atoms with E-state index in [0.29, 0.717) is 11.3 Å². The van der Waals surface area contributed by atoms with Crippen LogP contribution in [0.15, 0.2) is 24.3 Å². The first-order valence-electron chi connectivity index (χ1n) is 7.77. The molecule has 0 bridgehead atoms. The van der Waals surface area contributed by atoms with Crippen molar-refractivity contribution < 1.29 is 19.5 Å². The summed E-state index contributed by atoms with van der Waals surface area (Å²) in [5.74, 6) is -1.54. The first-order valence-corrected chi connectivity index (χ1v) is 7.77. The maximum atomic E-state index is 12.3. The molecule has 3 N–H and O–H groups in total. The van der Waals surface area contributed by atoms with Crippen LogP contribution in [0.25, 0.3) is 0 Å². The molecule has 0 radical (unpaired) electrons. The van der Waals surface area contributed by atoms with Crippen molar-refractivity contribution in [2.24, 2.45) is 5.41 Å². The fourth-order valence-corrected chi connectivity index (χ4v) is 2.71. The zero-order valence-corrected chi connectivity index (χ0v) is 13.4. The number of nitrogens with one attached hydrogen (secondary N) is 2.